The van der Waals surface area contributed by atoms with Crippen LogP contribution in [0.15, 0.2) is 53.4 Å². The van der Waals surface area contributed by atoms with Gasteiger partial charge >= 0.3 is 0 Å². The molecule has 0 unspecified atom stereocenters. The van der Waals surface area contributed by atoms with Crippen molar-refractivity contribution in [2.45, 2.75) is 20.5 Å². The van der Waals surface area contributed by atoms with E-state index in [1.165, 1.54) is 16.8 Å². The van der Waals surface area contributed by atoms with Crippen LogP contribution in [0.5, 0.6) is 11.5 Å². The molecule has 0 N–H and O–H groups in total. The molecule has 2 aromatic carbocycles. The number of nitrogens with zero attached hydrogens (tertiary/aromatic N) is 2. The third kappa shape index (κ3) is 4.77. The van der Waals surface area contributed by atoms with E-state index in [9.17, 15) is 4.79 Å². The van der Waals surface area contributed by atoms with Gasteiger partial charge in [-0.15, -0.1) is 0 Å². The van der Waals surface area contributed by atoms with Crippen molar-refractivity contribution in [2.75, 3.05) is 12.1 Å². The van der Waals surface area contributed by atoms with E-state index in [1.54, 1.807) is 31.4 Å². The number of hydrogen-bond donors (Lipinski definition) is 0. The smallest absolute Gasteiger partial charge is 0.285 e. The number of thioether (sulfide) groups is 1. The monoisotopic (exact) mass is 518 g/mol. The largest absolute Gasteiger partial charge is 0.493 e. The van der Waals surface area contributed by atoms with Crippen LogP contribution >= 0.6 is 47.2 Å². The highest BCUT2D eigenvalue weighted by molar-refractivity contribution is 8.27. The number of carbonyl (C=O) groups excluding carboxylic acids is 1. The maximum atomic E-state index is 13.3. The molecule has 0 atom stereocenters. The van der Waals surface area contributed by atoms with Crippen molar-refractivity contribution in [3.63, 3.8) is 0 Å². The quantitative estimate of drug-likeness (QED) is 0.274. The minimum atomic E-state index is -0.193. The number of aryl methyl sites for hydroxylation is 2. The van der Waals surface area contributed by atoms with Gasteiger partial charge in [-0.05, 0) is 62.5 Å². The van der Waals surface area contributed by atoms with Crippen molar-refractivity contribution in [1.29, 1.82) is 0 Å². The molecule has 1 aliphatic heterocycles. The van der Waals surface area contributed by atoms with Crippen molar-refractivity contribution in [2.24, 2.45) is 0 Å². The molecule has 0 saturated carbocycles. The SMILES string of the molecule is COc1cccc(/C=C2/SC(=S)N(n3c(C)ccc3C)C2=O)c1OCc1ccc(Cl)cc1Cl. The summed E-state index contributed by atoms with van der Waals surface area (Å²) in [6.45, 7) is 4.08. The maximum absolute atomic E-state index is 13.3. The summed E-state index contributed by atoms with van der Waals surface area (Å²) in [5.74, 6) is 0.855. The predicted octanol–water partition coefficient (Wildman–Crippen LogP) is 6.54. The first-order valence-corrected chi connectivity index (χ1v) is 11.9. The van der Waals surface area contributed by atoms with Gasteiger partial charge in [0.2, 0.25) is 0 Å². The standard InChI is InChI=1S/C24H20Cl2N2O3S2/c1-14-7-8-15(2)27(14)28-23(29)21(33-24(28)32)11-16-5-4-6-20(30-3)22(16)31-13-17-9-10-18(25)12-19(17)26/h4-12H,13H2,1-3H3/b21-11+. The van der Waals surface area contributed by atoms with Crippen LogP contribution in [0, 0.1) is 13.8 Å². The van der Waals surface area contributed by atoms with Crippen LogP contribution in [-0.2, 0) is 11.4 Å². The van der Waals surface area contributed by atoms with E-state index in [0.29, 0.717) is 36.3 Å². The number of ether oxygens (including phenoxy) is 2. The molecule has 2 heterocycles. The fraction of sp³-hybridized carbons (Fsp3) is 0.167. The Bertz CT molecular complexity index is 1270. The van der Waals surface area contributed by atoms with Crippen molar-refractivity contribution in [3.8, 4) is 11.5 Å². The Balaban J connectivity index is 1.67. The molecule has 1 saturated heterocycles. The Morgan fingerprint density at radius 2 is 1.82 bits per heavy atom. The highest BCUT2D eigenvalue weighted by Crippen LogP contribution is 2.38. The number of hydrogen-bond acceptors (Lipinski definition) is 5. The van der Waals surface area contributed by atoms with Gasteiger partial charge in [0, 0.05) is 32.6 Å². The third-order valence-electron chi connectivity index (χ3n) is 5.11. The number of thiocarbonyl (C=S) groups is 1. The van der Waals surface area contributed by atoms with E-state index in [1.807, 2.05) is 48.9 Å². The van der Waals surface area contributed by atoms with Crippen molar-refractivity contribution in [1.82, 2.24) is 4.68 Å². The van der Waals surface area contributed by atoms with E-state index in [0.717, 1.165) is 17.0 Å². The molecule has 9 heteroatoms. The maximum Gasteiger partial charge on any atom is 0.285 e. The molecule has 4 rings (SSSR count). The Morgan fingerprint density at radius 1 is 1.09 bits per heavy atom. The van der Waals surface area contributed by atoms with Crippen LogP contribution in [0.25, 0.3) is 6.08 Å². The van der Waals surface area contributed by atoms with Crippen molar-refractivity contribution < 1.29 is 14.3 Å². The molecular formula is C24H20Cl2N2O3S2. The molecule has 1 fully saturated rings. The minimum absolute atomic E-state index is 0.193. The van der Waals surface area contributed by atoms with Crippen LogP contribution in [0.4, 0.5) is 0 Å². The van der Waals surface area contributed by atoms with E-state index >= 15 is 0 Å². The van der Waals surface area contributed by atoms with Crippen molar-refractivity contribution >= 4 is 63.5 Å². The predicted molar refractivity (Wildman–Crippen MR) is 139 cm³/mol. The van der Waals surface area contributed by atoms with Gasteiger partial charge < -0.3 is 9.47 Å². The van der Waals surface area contributed by atoms with Gasteiger partial charge in [-0.3, -0.25) is 9.47 Å². The number of carbonyl (C=O) groups is 1. The van der Waals surface area contributed by atoms with Gasteiger partial charge in [0.1, 0.15) is 6.61 Å². The molecule has 33 heavy (non-hydrogen) atoms. The van der Waals surface area contributed by atoms with E-state index < -0.39 is 0 Å². The van der Waals surface area contributed by atoms with E-state index in [2.05, 4.69) is 0 Å². The second-order valence-corrected chi connectivity index (χ2v) is 9.84. The summed E-state index contributed by atoms with van der Waals surface area (Å²) in [6, 6.07) is 14.6. The summed E-state index contributed by atoms with van der Waals surface area (Å²) in [4.78, 5) is 13.8. The third-order valence-corrected chi connectivity index (χ3v) is 6.98. The zero-order chi connectivity index (χ0) is 23.7. The fourth-order valence-electron chi connectivity index (χ4n) is 3.50. The number of amides is 1. The normalized spacial score (nSPS) is 14.9. The fourth-order valence-corrected chi connectivity index (χ4v) is 5.20. The number of halogens is 2. The van der Waals surface area contributed by atoms with Gasteiger partial charge in [0.05, 0.1) is 12.0 Å². The summed E-state index contributed by atoms with van der Waals surface area (Å²) in [7, 11) is 1.57. The lowest BCUT2D eigenvalue weighted by molar-refractivity contribution is -0.114. The lowest BCUT2D eigenvalue weighted by Crippen LogP contribution is -2.39. The first-order valence-electron chi connectivity index (χ1n) is 9.97. The number of para-hydroxylation sites is 1. The second kappa shape index (κ2) is 9.81. The molecule has 0 aliphatic carbocycles. The van der Waals surface area contributed by atoms with Gasteiger partial charge in [-0.2, -0.15) is 5.01 Å². The highest BCUT2D eigenvalue weighted by atomic mass is 35.5. The lowest BCUT2D eigenvalue weighted by atomic mass is 10.1. The molecule has 0 bridgehead atoms. The number of benzene rings is 2. The van der Waals surface area contributed by atoms with Gasteiger partial charge in [-0.25, -0.2) is 0 Å². The average Bonchev–Trinajstić information content (AvgIpc) is 3.24. The van der Waals surface area contributed by atoms with Gasteiger partial charge in [0.25, 0.3) is 5.91 Å². The molecule has 3 aromatic rings. The van der Waals surface area contributed by atoms with Gasteiger partial charge in [0.15, 0.2) is 15.8 Å². The average molecular weight is 519 g/mol. The van der Waals surface area contributed by atoms with E-state index in [4.69, 9.17) is 44.9 Å². The summed E-state index contributed by atoms with van der Waals surface area (Å²) in [6.07, 6.45) is 1.77. The summed E-state index contributed by atoms with van der Waals surface area (Å²) in [5.41, 5.74) is 3.33. The molecule has 5 nitrogen and oxygen atoms in total. The van der Waals surface area contributed by atoms with E-state index in [-0.39, 0.29) is 12.5 Å². The van der Waals surface area contributed by atoms with Crippen LogP contribution in [0.2, 0.25) is 10.0 Å². The highest BCUT2D eigenvalue weighted by Gasteiger charge is 2.35. The Morgan fingerprint density at radius 3 is 2.48 bits per heavy atom. The van der Waals surface area contributed by atoms with Crippen molar-refractivity contribution in [3.05, 3.63) is 86.0 Å². The Kier molecular flexibility index (Phi) is 7.05. The molecule has 0 spiro atoms. The topological polar surface area (TPSA) is 43.7 Å². The van der Waals surface area contributed by atoms with Gasteiger partial charge in [-0.1, -0.05) is 53.2 Å². The molecule has 1 aliphatic rings. The Labute approximate surface area is 211 Å². The first kappa shape index (κ1) is 23.7. The molecular weight excluding hydrogens is 499 g/mol. The summed E-state index contributed by atoms with van der Waals surface area (Å²) < 4.78 is 13.9. The zero-order valence-electron chi connectivity index (χ0n) is 18.1. The number of rotatable bonds is 6. The second-order valence-electron chi connectivity index (χ2n) is 7.32. The number of methoxy groups -OCH3 is 1. The number of aromatic nitrogens is 1. The molecule has 170 valence electrons. The lowest BCUT2D eigenvalue weighted by Gasteiger charge is -2.20. The first-order chi connectivity index (χ1) is 15.8. The molecule has 1 aromatic heterocycles. The molecule has 0 radical (unpaired) electrons. The zero-order valence-corrected chi connectivity index (χ0v) is 21.2. The van der Waals surface area contributed by atoms with Crippen LogP contribution < -0.4 is 14.5 Å². The Hall–Kier alpha value is -2.45. The summed E-state index contributed by atoms with van der Waals surface area (Å²) in [5, 5.41) is 2.58. The van der Waals surface area contributed by atoms with Crippen LogP contribution in [0.3, 0.4) is 0 Å². The van der Waals surface area contributed by atoms with Crippen LogP contribution in [0.1, 0.15) is 22.5 Å². The summed E-state index contributed by atoms with van der Waals surface area (Å²) >= 11 is 19.1. The van der Waals surface area contributed by atoms with Crippen LogP contribution in [-0.4, -0.2) is 22.0 Å². The minimum Gasteiger partial charge on any atom is -0.493 e. The molecule has 1 amide bonds.